The highest BCUT2D eigenvalue weighted by Crippen LogP contribution is 2.39. The molecule has 1 heterocycles. The first-order valence-corrected chi connectivity index (χ1v) is 11.6. The van der Waals surface area contributed by atoms with E-state index in [1.165, 1.54) is 6.08 Å². The summed E-state index contributed by atoms with van der Waals surface area (Å²) in [5, 5.41) is 9.00. The number of nitrogens with zero attached hydrogens (tertiary/aromatic N) is 2. The summed E-state index contributed by atoms with van der Waals surface area (Å²) in [4.78, 5) is 38.4. The fourth-order valence-corrected chi connectivity index (χ4v) is 4.25. The third kappa shape index (κ3) is 5.90. The van der Waals surface area contributed by atoms with Crippen molar-refractivity contribution in [2.45, 2.75) is 20.4 Å². The Bertz CT molecular complexity index is 1190. The van der Waals surface area contributed by atoms with E-state index in [2.05, 4.69) is 6.07 Å². The highest BCUT2D eigenvalue weighted by Gasteiger charge is 2.35. The van der Waals surface area contributed by atoms with E-state index >= 15 is 0 Å². The second kappa shape index (κ2) is 11.6. The van der Waals surface area contributed by atoms with Crippen molar-refractivity contribution in [2.75, 3.05) is 19.8 Å². The number of nitriles is 1. The molecule has 34 heavy (non-hydrogen) atoms. The van der Waals surface area contributed by atoms with Gasteiger partial charge < -0.3 is 14.2 Å². The number of thioether (sulfide) groups is 1. The highest BCUT2D eigenvalue weighted by molar-refractivity contribution is 8.18. The minimum Gasteiger partial charge on any atom is -0.490 e. The van der Waals surface area contributed by atoms with E-state index in [1.54, 1.807) is 50.2 Å². The van der Waals surface area contributed by atoms with Crippen molar-refractivity contribution in [3.8, 4) is 17.6 Å². The molecule has 0 bridgehead atoms. The van der Waals surface area contributed by atoms with Gasteiger partial charge in [-0.3, -0.25) is 14.5 Å². The highest BCUT2D eigenvalue weighted by atomic mass is 35.5. The Morgan fingerprint density at radius 1 is 1.18 bits per heavy atom. The van der Waals surface area contributed by atoms with Gasteiger partial charge in [0.25, 0.3) is 11.1 Å². The van der Waals surface area contributed by atoms with Crippen LogP contribution < -0.4 is 9.47 Å². The molecule has 0 aliphatic carbocycles. The number of carbonyl (C=O) groups excluding carboxylic acids is 3. The van der Waals surface area contributed by atoms with Crippen LogP contribution in [-0.4, -0.2) is 41.8 Å². The van der Waals surface area contributed by atoms with E-state index in [1.807, 2.05) is 0 Å². The molecule has 2 amide bonds. The Labute approximate surface area is 206 Å². The molecule has 0 aromatic heterocycles. The molecule has 10 heteroatoms. The number of carbonyl (C=O) groups is 3. The topological polar surface area (TPSA) is 106 Å². The molecule has 1 fully saturated rings. The maximum Gasteiger partial charge on any atom is 0.344 e. The van der Waals surface area contributed by atoms with E-state index in [9.17, 15) is 19.6 Å². The average molecular weight is 501 g/mol. The zero-order valence-electron chi connectivity index (χ0n) is 18.5. The lowest BCUT2D eigenvalue weighted by molar-refractivity contribution is -0.145. The summed E-state index contributed by atoms with van der Waals surface area (Å²) in [5.41, 5.74) is 1.50. The van der Waals surface area contributed by atoms with E-state index in [0.29, 0.717) is 23.3 Å². The molecule has 0 radical (unpaired) electrons. The van der Waals surface area contributed by atoms with Gasteiger partial charge in [0.15, 0.2) is 18.1 Å². The lowest BCUT2D eigenvalue weighted by Crippen LogP contribution is -2.27. The van der Waals surface area contributed by atoms with Gasteiger partial charge in [-0.05, 0) is 61.0 Å². The number of hydrogen-bond acceptors (Lipinski definition) is 8. The third-order valence-electron chi connectivity index (χ3n) is 4.61. The van der Waals surface area contributed by atoms with Crippen molar-refractivity contribution in [1.29, 1.82) is 5.26 Å². The smallest absolute Gasteiger partial charge is 0.344 e. The zero-order valence-corrected chi connectivity index (χ0v) is 20.1. The van der Waals surface area contributed by atoms with Crippen molar-refractivity contribution in [1.82, 2.24) is 4.90 Å². The Balaban J connectivity index is 1.84. The van der Waals surface area contributed by atoms with E-state index in [0.717, 1.165) is 16.7 Å². The molecular weight excluding hydrogens is 480 g/mol. The summed E-state index contributed by atoms with van der Waals surface area (Å²) in [5.74, 6) is -0.557. The lowest BCUT2D eigenvalue weighted by atomic mass is 10.1. The predicted molar refractivity (Wildman–Crippen MR) is 127 cm³/mol. The molecule has 8 nitrogen and oxygen atoms in total. The number of esters is 1. The van der Waals surface area contributed by atoms with Gasteiger partial charge in [-0.25, -0.2) is 4.79 Å². The van der Waals surface area contributed by atoms with Crippen LogP contribution in [0.2, 0.25) is 5.02 Å². The van der Waals surface area contributed by atoms with Crippen molar-refractivity contribution in [3.63, 3.8) is 0 Å². The largest absolute Gasteiger partial charge is 0.490 e. The SMILES string of the molecule is CCOC(=O)COc1c(Cl)cc(/C=C2/SC(=O)N(Cc3ccccc3C#N)C2=O)cc1OCC. The van der Waals surface area contributed by atoms with E-state index in [4.69, 9.17) is 25.8 Å². The quantitative estimate of drug-likeness (QED) is 0.357. The predicted octanol–water partition coefficient (Wildman–Crippen LogP) is 4.79. The summed E-state index contributed by atoms with van der Waals surface area (Å²) in [6.07, 6.45) is 1.53. The minimum atomic E-state index is -0.545. The summed E-state index contributed by atoms with van der Waals surface area (Å²) >= 11 is 7.16. The summed E-state index contributed by atoms with van der Waals surface area (Å²) in [6.45, 7) is 3.66. The number of imide groups is 1. The van der Waals surface area contributed by atoms with Gasteiger partial charge in [0.05, 0.1) is 41.3 Å². The minimum absolute atomic E-state index is 0.00265. The maximum atomic E-state index is 12.9. The summed E-state index contributed by atoms with van der Waals surface area (Å²) in [7, 11) is 0. The molecule has 2 aromatic rings. The second-order valence-corrected chi connectivity index (χ2v) is 8.29. The Morgan fingerprint density at radius 2 is 1.94 bits per heavy atom. The summed E-state index contributed by atoms with van der Waals surface area (Å²) in [6, 6.07) is 12.0. The molecular formula is C24H21ClN2O6S. The molecule has 0 unspecified atom stereocenters. The zero-order chi connectivity index (χ0) is 24.7. The third-order valence-corrected chi connectivity index (χ3v) is 5.80. The molecule has 0 spiro atoms. The van der Waals surface area contributed by atoms with Crippen LogP contribution >= 0.6 is 23.4 Å². The molecule has 1 aliphatic heterocycles. The number of rotatable bonds is 9. The fraction of sp³-hybridized carbons (Fsp3) is 0.250. The van der Waals surface area contributed by atoms with Crippen LogP contribution in [0.5, 0.6) is 11.5 Å². The van der Waals surface area contributed by atoms with Crippen LogP contribution in [0.3, 0.4) is 0 Å². The maximum absolute atomic E-state index is 12.9. The van der Waals surface area contributed by atoms with Gasteiger partial charge in [0.2, 0.25) is 0 Å². The molecule has 3 rings (SSSR count). The molecule has 0 N–H and O–H groups in total. The van der Waals surface area contributed by atoms with Gasteiger partial charge >= 0.3 is 5.97 Å². The van der Waals surface area contributed by atoms with Gasteiger partial charge in [-0.2, -0.15) is 5.26 Å². The molecule has 1 aliphatic rings. The first-order chi connectivity index (χ1) is 16.4. The molecule has 1 saturated heterocycles. The first-order valence-electron chi connectivity index (χ1n) is 10.4. The van der Waals surface area contributed by atoms with Crippen molar-refractivity contribution in [2.24, 2.45) is 0 Å². The fourth-order valence-electron chi connectivity index (χ4n) is 3.13. The van der Waals surface area contributed by atoms with Crippen LogP contribution in [0, 0.1) is 11.3 Å². The molecule has 0 saturated carbocycles. The lowest BCUT2D eigenvalue weighted by Gasteiger charge is -2.14. The normalized spacial score (nSPS) is 14.3. The standard InChI is InChI=1S/C24H21ClN2O6S/c1-3-31-19-10-15(9-18(25)22(19)33-14-21(28)32-4-2)11-20-23(29)27(24(30)34-20)13-17-8-6-5-7-16(17)12-26/h5-11H,3-4,13-14H2,1-2H3/b20-11+. The van der Waals surface area contributed by atoms with E-state index in [-0.39, 0.29) is 41.2 Å². The number of amides is 2. The molecule has 176 valence electrons. The number of ether oxygens (including phenoxy) is 3. The molecule has 0 atom stereocenters. The molecule has 2 aromatic carbocycles. The first kappa shape index (κ1) is 25.1. The second-order valence-electron chi connectivity index (χ2n) is 6.89. The monoisotopic (exact) mass is 500 g/mol. The van der Waals surface area contributed by atoms with Crippen molar-refractivity contribution < 1.29 is 28.6 Å². The van der Waals surface area contributed by atoms with Gasteiger partial charge in [-0.1, -0.05) is 29.8 Å². The summed E-state index contributed by atoms with van der Waals surface area (Å²) < 4.78 is 15.9. The van der Waals surface area contributed by atoms with Crippen LogP contribution in [-0.2, 0) is 20.9 Å². The van der Waals surface area contributed by atoms with Crippen LogP contribution in [0.4, 0.5) is 4.79 Å². The Morgan fingerprint density at radius 3 is 2.65 bits per heavy atom. The van der Waals surface area contributed by atoms with Crippen molar-refractivity contribution >= 4 is 46.6 Å². The average Bonchev–Trinajstić information content (AvgIpc) is 3.06. The van der Waals surface area contributed by atoms with Gasteiger partial charge in [0.1, 0.15) is 0 Å². The number of benzene rings is 2. The van der Waals surface area contributed by atoms with Gasteiger partial charge in [0, 0.05) is 0 Å². The Kier molecular flexibility index (Phi) is 8.57. The van der Waals surface area contributed by atoms with E-state index < -0.39 is 17.1 Å². The number of hydrogen-bond donors (Lipinski definition) is 0. The van der Waals surface area contributed by atoms with Crippen LogP contribution in [0.15, 0.2) is 41.3 Å². The van der Waals surface area contributed by atoms with Crippen molar-refractivity contribution in [3.05, 3.63) is 63.0 Å². The van der Waals surface area contributed by atoms with Gasteiger partial charge in [-0.15, -0.1) is 0 Å². The Hall–Kier alpha value is -3.48. The van der Waals surface area contributed by atoms with Crippen LogP contribution in [0.1, 0.15) is 30.5 Å². The number of halogens is 1. The van der Waals surface area contributed by atoms with Crippen LogP contribution in [0.25, 0.3) is 6.08 Å².